The van der Waals surface area contributed by atoms with Crippen LogP contribution in [0.25, 0.3) is 0 Å². The first-order valence-electron chi connectivity index (χ1n) is 4.72. The average Bonchev–Trinajstić information content (AvgIpc) is 2.31. The van der Waals surface area contributed by atoms with Crippen LogP contribution < -0.4 is 0 Å². The Labute approximate surface area is 133 Å². The van der Waals surface area contributed by atoms with Crippen LogP contribution in [0, 0.1) is 22.7 Å². The van der Waals surface area contributed by atoms with Gasteiger partial charge in [-0.3, -0.25) is 0 Å². The maximum absolute atomic E-state index is 8.99. The van der Waals surface area contributed by atoms with E-state index in [-0.39, 0.29) is 0 Å². The molecule has 0 aliphatic heterocycles. The highest BCUT2D eigenvalue weighted by Crippen LogP contribution is 2.28. The van der Waals surface area contributed by atoms with E-state index in [4.69, 9.17) is 10.5 Å². The highest BCUT2D eigenvalue weighted by atomic mass is 127. The third kappa shape index (κ3) is 8.04. The minimum Gasteiger partial charge on any atom is -0.192 e. The van der Waals surface area contributed by atoms with Gasteiger partial charge in [-0.2, -0.15) is 10.5 Å². The Hall–Kier alpha value is 0.880. The molecule has 0 aliphatic rings. The first-order chi connectivity index (χ1) is 7.79. The van der Waals surface area contributed by atoms with Gasteiger partial charge in [0.1, 0.15) is 21.9 Å². The Bertz CT molecular complexity index is 275. The van der Waals surface area contributed by atoms with Crippen molar-refractivity contribution in [1.82, 2.24) is 0 Å². The van der Waals surface area contributed by atoms with Crippen LogP contribution in [0.1, 0.15) is 12.8 Å². The molecule has 2 nitrogen and oxygen atoms in total. The molecular weight excluding hydrogens is 466 g/mol. The van der Waals surface area contributed by atoms with E-state index in [1.54, 1.807) is 0 Å². The van der Waals surface area contributed by atoms with Crippen LogP contribution in [-0.2, 0) is 0 Å². The minimum absolute atomic E-state index is 0.589. The molecule has 0 fully saturated rings. The Morgan fingerprint density at radius 2 is 1.25 bits per heavy atom. The van der Waals surface area contributed by atoms with Gasteiger partial charge < -0.3 is 0 Å². The normalized spacial score (nSPS) is 11.5. The van der Waals surface area contributed by atoms with Crippen molar-refractivity contribution in [2.75, 3.05) is 20.4 Å². The summed E-state index contributed by atoms with van der Waals surface area (Å²) in [5.41, 5.74) is 0. The average molecular weight is 478 g/mol. The van der Waals surface area contributed by atoms with Crippen molar-refractivity contribution in [2.24, 2.45) is 0 Å². The zero-order valence-corrected chi connectivity index (χ0v) is 14.7. The van der Waals surface area contributed by atoms with Crippen molar-refractivity contribution >= 4 is 68.7 Å². The van der Waals surface area contributed by atoms with Crippen LogP contribution >= 0.6 is 68.7 Å². The van der Waals surface area contributed by atoms with Gasteiger partial charge >= 0.3 is 0 Å². The number of allylic oxidation sites excluding steroid dienone is 2. The van der Waals surface area contributed by atoms with E-state index in [1.165, 1.54) is 23.5 Å². The lowest BCUT2D eigenvalue weighted by Gasteiger charge is -2.02. The zero-order valence-electron chi connectivity index (χ0n) is 8.71. The molecule has 0 radical (unpaired) electrons. The van der Waals surface area contributed by atoms with Crippen molar-refractivity contribution in [3.8, 4) is 12.1 Å². The van der Waals surface area contributed by atoms with Crippen molar-refractivity contribution in [1.29, 1.82) is 10.5 Å². The number of thioether (sulfide) groups is 2. The Morgan fingerprint density at radius 1 is 0.875 bits per heavy atom. The molecule has 0 saturated heterocycles. The summed E-state index contributed by atoms with van der Waals surface area (Å²) in [6.07, 6.45) is 2.15. The Balaban J connectivity index is 4.30. The van der Waals surface area contributed by atoms with E-state index >= 15 is 0 Å². The fourth-order valence-electron chi connectivity index (χ4n) is 0.755. The zero-order chi connectivity index (χ0) is 12.2. The quantitative estimate of drug-likeness (QED) is 0.225. The lowest BCUT2D eigenvalue weighted by atomic mass is 10.5. The van der Waals surface area contributed by atoms with E-state index in [1.807, 2.05) is 0 Å². The largest absolute Gasteiger partial charge is 0.192 e. The summed E-state index contributed by atoms with van der Waals surface area (Å²) in [5, 5.41) is 18.0. The molecule has 0 aliphatic carbocycles. The van der Waals surface area contributed by atoms with E-state index in [2.05, 4.69) is 57.3 Å². The second-order valence-electron chi connectivity index (χ2n) is 2.66. The summed E-state index contributed by atoms with van der Waals surface area (Å²) in [5.74, 6) is 1.84. The van der Waals surface area contributed by atoms with Gasteiger partial charge in [-0.15, -0.1) is 23.5 Å². The number of rotatable bonds is 8. The topological polar surface area (TPSA) is 47.6 Å². The molecule has 0 amide bonds. The lowest BCUT2D eigenvalue weighted by molar-refractivity contribution is 1.15. The summed E-state index contributed by atoms with van der Waals surface area (Å²) in [6, 6.07) is 4.27. The standard InChI is InChI=1S/C10H12I2N2S2/c11-3-1-5-15-9(7-13)10(8-14)16-6-2-4-12/h1-6H2/b10-9-. The smallest absolute Gasteiger partial charge is 0.109 e. The number of nitriles is 2. The molecule has 88 valence electrons. The molecule has 6 heteroatoms. The van der Waals surface area contributed by atoms with Gasteiger partial charge in [-0.25, -0.2) is 0 Å². The van der Waals surface area contributed by atoms with Crippen LogP contribution in [0.4, 0.5) is 0 Å². The van der Waals surface area contributed by atoms with Gasteiger partial charge in [0.05, 0.1) is 0 Å². The predicted molar refractivity (Wildman–Crippen MR) is 90.2 cm³/mol. The summed E-state index contributed by atoms with van der Waals surface area (Å²) < 4.78 is 2.18. The minimum atomic E-state index is 0.589. The molecular formula is C10H12I2N2S2. The van der Waals surface area contributed by atoms with Crippen LogP contribution in [0.3, 0.4) is 0 Å². The first kappa shape index (κ1) is 16.9. The molecule has 0 aromatic carbocycles. The summed E-state index contributed by atoms with van der Waals surface area (Å²) >= 11 is 7.65. The number of alkyl halides is 2. The lowest BCUT2D eigenvalue weighted by Crippen LogP contribution is -1.87. The van der Waals surface area contributed by atoms with Gasteiger partial charge in [0.2, 0.25) is 0 Å². The molecule has 0 saturated carbocycles. The number of hydrogen-bond acceptors (Lipinski definition) is 4. The molecule has 0 heterocycles. The summed E-state index contributed by atoms with van der Waals surface area (Å²) in [7, 11) is 0. The molecule has 0 bridgehead atoms. The predicted octanol–water partition coefficient (Wildman–Crippen LogP) is 4.36. The molecule has 16 heavy (non-hydrogen) atoms. The Kier molecular flexibility index (Phi) is 13.0. The fourth-order valence-corrected chi connectivity index (χ4v) is 4.37. The van der Waals surface area contributed by atoms with Crippen molar-refractivity contribution in [3.05, 3.63) is 9.81 Å². The number of halogens is 2. The van der Waals surface area contributed by atoms with Crippen LogP contribution in [0.5, 0.6) is 0 Å². The third-order valence-corrected chi connectivity index (χ3v) is 5.27. The van der Waals surface area contributed by atoms with Gasteiger partial charge in [0.25, 0.3) is 0 Å². The molecule has 0 aromatic rings. The monoisotopic (exact) mass is 478 g/mol. The maximum atomic E-state index is 8.99. The van der Waals surface area contributed by atoms with E-state index < -0.39 is 0 Å². The molecule has 0 spiro atoms. The van der Waals surface area contributed by atoms with Gasteiger partial charge in [-0.05, 0) is 24.3 Å². The molecule has 0 aromatic heterocycles. The molecule has 0 atom stereocenters. The van der Waals surface area contributed by atoms with Crippen molar-refractivity contribution in [3.63, 3.8) is 0 Å². The van der Waals surface area contributed by atoms with Crippen molar-refractivity contribution < 1.29 is 0 Å². The van der Waals surface area contributed by atoms with Gasteiger partial charge in [0, 0.05) is 8.86 Å². The number of nitrogens with zero attached hydrogens (tertiary/aromatic N) is 2. The van der Waals surface area contributed by atoms with Crippen LogP contribution in [0.15, 0.2) is 9.81 Å². The molecule has 0 rings (SSSR count). The van der Waals surface area contributed by atoms with E-state index in [0.717, 1.165) is 33.2 Å². The third-order valence-electron chi connectivity index (χ3n) is 1.46. The van der Waals surface area contributed by atoms with E-state index in [9.17, 15) is 0 Å². The maximum Gasteiger partial charge on any atom is 0.109 e. The second-order valence-corrected chi connectivity index (χ2v) is 7.03. The highest BCUT2D eigenvalue weighted by Gasteiger charge is 2.07. The van der Waals surface area contributed by atoms with Gasteiger partial charge in [0.15, 0.2) is 0 Å². The molecule has 0 N–H and O–H groups in total. The highest BCUT2D eigenvalue weighted by molar-refractivity contribution is 14.1. The first-order valence-corrected chi connectivity index (χ1v) is 9.74. The van der Waals surface area contributed by atoms with Crippen LogP contribution in [-0.4, -0.2) is 20.4 Å². The fraction of sp³-hybridized carbons (Fsp3) is 0.600. The number of hydrogen-bond donors (Lipinski definition) is 0. The SMILES string of the molecule is N#C/C(SCCCI)=C(\C#N)SCCCI. The second kappa shape index (κ2) is 12.3. The van der Waals surface area contributed by atoms with Crippen LogP contribution in [0.2, 0.25) is 0 Å². The summed E-state index contributed by atoms with van der Waals surface area (Å²) in [4.78, 5) is 1.18. The molecule has 0 unspecified atom stereocenters. The summed E-state index contributed by atoms with van der Waals surface area (Å²) in [6.45, 7) is 0. The van der Waals surface area contributed by atoms with Crippen molar-refractivity contribution in [2.45, 2.75) is 12.8 Å². The van der Waals surface area contributed by atoms with Gasteiger partial charge in [-0.1, -0.05) is 45.2 Å². The Morgan fingerprint density at radius 3 is 1.50 bits per heavy atom. The van der Waals surface area contributed by atoms with E-state index in [0.29, 0.717) is 9.81 Å².